The van der Waals surface area contributed by atoms with Crippen molar-refractivity contribution in [2.24, 2.45) is 0 Å². The van der Waals surface area contributed by atoms with Crippen molar-refractivity contribution in [3.8, 4) is 5.75 Å². The second-order valence-electron chi connectivity index (χ2n) is 5.14. The molecule has 0 saturated carbocycles. The Morgan fingerprint density at radius 1 is 1.29 bits per heavy atom. The Labute approximate surface area is 127 Å². The molecule has 0 fully saturated rings. The highest BCUT2D eigenvalue weighted by molar-refractivity contribution is 5.73. The first-order valence-corrected chi connectivity index (χ1v) is 7.46. The zero-order valence-electron chi connectivity index (χ0n) is 13.5. The zero-order chi connectivity index (χ0) is 15.7. The number of methoxy groups -OCH3 is 1. The fourth-order valence-corrected chi connectivity index (χ4v) is 2.18. The number of para-hydroxylation sites is 1. The molecule has 0 saturated heterocycles. The molecule has 0 aliphatic rings. The molecule has 0 bridgehead atoms. The second-order valence-corrected chi connectivity index (χ2v) is 5.14. The standard InChI is InChI=1S/C16H27N3O2/c1-5-19(13(2)3)11-10-17-16(20)18-12-14-8-6-7-9-15(14)21-4/h6-9,13H,5,10-12H2,1-4H3,(H2,17,18,20). The van der Waals surface area contributed by atoms with Gasteiger partial charge in [0.15, 0.2) is 0 Å². The molecular formula is C16H27N3O2. The number of carbonyl (C=O) groups is 1. The summed E-state index contributed by atoms with van der Waals surface area (Å²) in [5.41, 5.74) is 0.965. The van der Waals surface area contributed by atoms with Crippen LogP contribution in [0.15, 0.2) is 24.3 Å². The van der Waals surface area contributed by atoms with E-state index >= 15 is 0 Å². The Bertz CT molecular complexity index is 435. The molecule has 0 radical (unpaired) electrons. The van der Waals surface area contributed by atoms with Crippen molar-refractivity contribution in [3.63, 3.8) is 0 Å². The monoisotopic (exact) mass is 293 g/mol. The van der Waals surface area contributed by atoms with Gasteiger partial charge in [0.05, 0.1) is 7.11 Å². The summed E-state index contributed by atoms with van der Waals surface area (Å²) in [5, 5.41) is 5.72. The first-order chi connectivity index (χ1) is 10.1. The molecule has 0 aliphatic heterocycles. The summed E-state index contributed by atoms with van der Waals surface area (Å²) in [6, 6.07) is 8.01. The number of carbonyl (C=O) groups excluding carboxylic acids is 1. The van der Waals surface area contributed by atoms with Crippen molar-refractivity contribution < 1.29 is 9.53 Å². The van der Waals surface area contributed by atoms with E-state index in [0.717, 1.165) is 24.4 Å². The predicted octanol–water partition coefficient (Wildman–Crippen LogP) is 2.22. The highest BCUT2D eigenvalue weighted by atomic mass is 16.5. The van der Waals surface area contributed by atoms with E-state index in [-0.39, 0.29) is 6.03 Å². The summed E-state index contributed by atoms with van der Waals surface area (Å²) in [6.07, 6.45) is 0. The number of ether oxygens (including phenoxy) is 1. The van der Waals surface area contributed by atoms with Crippen LogP contribution in [0.25, 0.3) is 0 Å². The van der Waals surface area contributed by atoms with Gasteiger partial charge in [0.1, 0.15) is 5.75 Å². The average molecular weight is 293 g/mol. The van der Waals surface area contributed by atoms with Crippen LogP contribution in [0.4, 0.5) is 4.79 Å². The van der Waals surface area contributed by atoms with Gasteiger partial charge >= 0.3 is 6.03 Å². The molecule has 0 heterocycles. The maximum atomic E-state index is 11.8. The van der Waals surface area contributed by atoms with E-state index in [0.29, 0.717) is 19.1 Å². The Morgan fingerprint density at radius 2 is 2.00 bits per heavy atom. The van der Waals surface area contributed by atoms with Gasteiger partial charge in [0.25, 0.3) is 0 Å². The molecule has 0 aliphatic carbocycles. The lowest BCUT2D eigenvalue weighted by atomic mass is 10.2. The van der Waals surface area contributed by atoms with E-state index in [1.165, 1.54) is 0 Å². The minimum Gasteiger partial charge on any atom is -0.496 e. The number of likely N-dealkylation sites (N-methyl/N-ethyl adjacent to an activating group) is 1. The van der Waals surface area contributed by atoms with Crippen molar-refractivity contribution in [1.82, 2.24) is 15.5 Å². The third-order valence-electron chi connectivity index (χ3n) is 3.45. The molecule has 118 valence electrons. The normalized spacial score (nSPS) is 10.8. The van der Waals surface area contributed by atoms with Gasteiger partial charge in [0, 0.05) is 31.2 Å². The molecule has 0 aromatic heterocycles. The first-order valence-electron chi connectivity index (χ1n) is 7.46. The van der Waals surface area contributed by atoms with E-state index in [2.05, 4.69) is 36.3 Å². The van der Waals surface area contributed by atoms with Gasteiger partial charge in [-0.3, -0.25) is 4.90 Å². The molecule has 1 rings (SSSR count). The first kappa shape index (κ1) is 17.3. The van der Waals surface area contributed by atoms with Crippen molar-refractivity contribution in [2.75, 3.05) is 26.7 Å². The summed E-state index contributed by atoms with van der Waals surface area (Å²) in [4.78, 5) is 14.1. The Balaban J connectivity index is 2.31. The van der Waals surface area contributed by atoms with Crippen molar-refractivity contribution in [1.29, 1.82) is 0 Å². The topological polar surface area (TPSA) is 53.6 Å². The predicted molar refractivity (Wildman–Crippen MR) is 85.6 cm³/mol. The Kier molecular flexibility index (Phi) is 7.61. The average Bonchev–Trinajstić information content (AvgIpc) is 2.49. The molecule has 0 unspecified atom stereocenters. The molecule has 5 nitrogen and oxygen atoms in total. The van der Waals surface area contributed by atoms with Crippen LogP contribution in [-0.4, -0.2) is 43.7 Å². The summed E-state index contributed by atoms with van der Waals surface area (Å²) in [6.45, 7) is 9.39. The molecule has 2 N–H and O–H groups in total. The quantitative estimate of drug-likeness (QED) is 0.773. The maximum absolute atomic E-state index is 11.8. The van der Waals surface area contributed by atoms with Crippen molar-refractivity contribution in [2.45, 2.75) is 33.4 Å². The number of benzene rings is 1. The van der Waals surface area contributed by atoms with Crippen LogP contribution >= 0.6 is 0 Å². The van der Waals surface area contributed by atoms with Crippen LogP contribution in [0, 0.1) is 0 Å². The van der Waals surface area contributed by atoms with Gasteiger partial charge < -0.3 is 15.4 Å². The molecule has 1 aromatic carbocycles. The number of rotatable bonds is 8. The highest BCUT2D eigenvalue weighted by Gasteiger charge is 2.08. The molecule has 5 heteroatoms. The van der Waals surface area contributed by atoms with Crippen LogP contribution < -0.4 is 15.4 Å². The summed E-state index contributed by atoms with van der Waals surface area (Å²) < 4.78 is 5.25. The number of nitrogens with zero attached hydrogens (tertiary/aromatic N) is 1. The fraction of sp³-hybridized carbons (Fsp3) is 0.562. The molecule has 0 atom stereocenters. The number of hydrogen-bond donors (Lipinski definition) is 2. The largest absolute Gasteiger partial charge is 0.496 e. The zero-order valence-corrected chi connectivity index (χ0v) is 13.5. The molecule has 0 spiro atoms. The lowest BCUT2D eigenvalue weighted by Gasteiger charge is -2.24. The highest BCUT2D eigenvalue weighted by Crippen LogP contribution is 2.16. The Morgan fingerprint density at radius 3 is 2.62 bits per heavy atom. The molecular weight excluding hydrogens is 266 g/mol. The minimum atomic E-state index is -0.152. The molecule has 21 heavy (non-hydrogen) atoms. The van der Waals surface area contributed by atoms with E-state index in [1.807, 2.05) is 24.3 Å². The smallest absolute Gasteiger partial charge is 0.315 e. The number of amides is 2. The number of hydrogen-bond acceptors (Lipinski definition) is 3. The van der Waals surface area contributed by atoms with Gasteiger partial charge in [0.2, 0.25) is 0 Å². The van der Waals surface area contributed by atoms with Gasteiger partial charge in [-0.1, -0.05) is 25.1 Å². The summed E-state index contributed by atoms with van der Waals surface area (Å²) >= 11 is 0. The van der Waals surface area contributed by atoms with E-state index < -0.39 is 0 Å². The van der Waals surface area contributed by atoms with Crippen molar-refractivity contribution in [3.05, 3.63) is 29.8 Å². The SMILES string of the molecule is CCN(CCNC(=O)NCc1ccccc1OC)C(C)C. The van der Waals surface area contributed by atoms with Gasteiger partial charge in [-0.2, -0.15) is 0 Å². The van der Waals surface area contributed by atoms with Crippen LogP contribution in [0.1, 0.15) is 26.3 Å². The van der Waals surface area contributed by atoms with E-state index in [9.17, 15) is 4.79 Å². The lowest BCUT2D eigenvalue weighted by molar-refractivity contribution is 0.222. The number of nitrogens with one attached hydrogen (secondary N) is 2. The summed E-state index contributed by atoms with van der Waals surface area (Å²) in [5.74, 6) is 0.787. The fourth-order valence-electron chi connectivity index (χ4n) is 2.18. The lowest BCUT2D eigenvalue weighted by Crippen LogP contribution is -2.41. The van der Waals surface area contributed by atoms with Gasteiger partial charge in [-0.25, -0.2) is 4.79 Å². The molecule has 1 aromatic rings. The van der Waals surface area contributed by atoms with Crippen LogP contribution in [-0.2, 0) is 6.54 Å². The van der Waals surface area contributed by atoms with E-state index in [4.69, 9.17) is 4.74 Å². The second kappa shape index (κ2) is 9.23. The minimum absolute atomic E-state index is 0.152. The third-order valence-corrected chi connectivity index (χ3v) is 3.45. The summed E-state index contributed by atoms with van der Waals surface area (Å²) in [7, 11) is 1.63. The van der Waals surface area contributed by atoms with Crippen LogP contribution in [0.2, 0.25) is 0 Å². The van der Waals surface area contributed by atoms with Gasteiger partial charge in [-0.05, 0) is 26.5 Å². The van der Waals surface area contributed by atoms with Gasteiger partial charge in [-0.15, -0.1) is 0 Å². The Hall–Kier alpha value is -1.75. The van der Waals surface area contributed by atoms with E-state index in [1.54, 1.807) is 7.11 Å². The maximum Gasteiger partial charge on any atom is 0.315 e. The van der Waals surface area contributed by atoms with Crippen LogP contribution in [0.3, 0.4) is 0 Å². The molecule has 2 amide bonds. The van der Waals surface area contributed by atoms with Crippen molar-refractivity contribution >= 4 is 6.03 Å². The third kappa shape index (κ3) is 6.04. The van der Waals surface area contributed by atoms with Crippen LogP contribution in [0.5, 0.6) is 5.75 Å². The number of urea groups is 1.